The molecule has 11 heteroatoms. The first kappa shape index (κ1) is 22.6. The molecule has 0 aliphatic rings. The third kappa shape index (κ3) is 4.81. The predicted octanol–water partition coefficient (Wildman–Crippen LogP) is 2.98. The van der Waals surface area contributed by atoms with Gasteiger partial charge in [0.1, 0.15) is 23.2 Å². The fourth-order valence-electron chi connectivity index (χ4n) is 2.87. The van der Waals surface area contributed by atoms with Gasteiger partial charge in [0.2, 0.25) is 5.95 Å². The zero-order valence-electron chi connectivity index (χ0n) is 17.2. The van der Waals surface area contributed by atoms with Crippen LogP contribution in [-0.4, -0.2) is 36.7 Å². The van der Waals surface area contributed by atoms with E-state index in [0.717, 1.165) is 0 Å². The minimum absolute atomic E-state index is 0.0331. The van der Waals surface area contributed by atoms with Gasteiger partial charge in [-0.1, -0.05) is 12.1 Å². The molecule has 164 valence electrons. The first-order valence-electron chi connectivity index (χ1n) is 9.14. The van der Waals surface area contributed by atoms with Gasteiger partial charge in [-0.2, -0.15) is 10.2 Å². The number of hydrogen-bond donors (Lipinski definition) is 3. The van der Waals surface area contributed by atoms with Gasteiger partial charge in [-0.3, -0.25) is 4.79 Å². The Morgan fingerprint density at radius 1 is 1.12 bits per heavy atom. The minimum atomic E-state index is -0.389. The number of hydrogen-bond acceptors (Lipinski definition) is 9. The van der Waals surface area contributed by atoms with Crippen molar-refractivity contribution in [2.24, 2.45) is 0 Å². The van der Waals surface area contributed by atoms with Crippen molar-refractivity contribution in [3.8, 4) is 34.6 Å². The SMILES string of the molecule is COc1ccccc1NC(=O)COc1cc(Br)c(-c2nc(N)nc(N)c2C#N)cc1OC. The number of nitriles is 1. The third-order valence-corrected chi connectivity index (χ3v) is 4.97. The second-order valence-electron chi connectivity index (χ2n) is 6.32. The molecule has 3 aromatic rings. The Morgan fingerprint density at radius 2 is 1.84 bits per heavy atom. The Labute approximate surface area is 192 Å². The van der Waals surface area contributed by atoms with Crippen molar-refractivity contribution in [1.29, 1.82) is 5.26 Å². The number of para-hydroxylation sites is 2. The molecule has 3 rings (SSSR count). The Bertz CT molecular complexity index is 1210. The Kier molecular flexibility index (Phi) is 6.97. The van der Waals surface area contributed by atoms with Gasteiger partial charge in [-0.25, -0.2) is 4.98 Å². The summed E-state index contributed by atoms with van der Waals surface area (Å²) in [6.45, 7) is -0.281. The molecule has 0 radical (unpaired) electrons. The van der Waals surface area contributed by atoms with E-state index in [-0.39, 0.29) is 35.5 Å². The molecule has 1 aromatic heterocycles. The topological polar surface area (TPSA) is 158 Å². The lowest BCUT2D eigenvalue weighted by Crippen LogP contribution is -2.20. The summed E-state index contributed by atoms with van der Waals surface area (Å²) >= 11 is 3.44. The highest BCUT2D eigenvalue weighted by Crippen LogP contribution is 2.40. The van der Waals surface area contributed by atoms with Crippen LogP contribution in [0.15, 0.2) is 40.9 Å². The number of ether oxygens (including phenoxy) is 3. The minimum Gasteiger partial charge on any atom is -0.495 e. The van der Waals surface area contributed by atoms with E-state index in [1.807, 2.05) is 6.07 Å². The molecule has 0 saturated carbocycles. The molecule has 0 fully saturated rings. The number of rotatable bonds is 7. The number of aromatic nitrogens is 2. The lowest BCUT2D eigenvalue weighted by Gasteiger charge is -2.15. The zero-order chi connectivity index (χ0) is 23.3. The van der Waals surface area contributed by atoms with Gasteiger partial charge >= 0.3 is 0 Å². The van der Waals surface area contributed by atoms with Gasteiger partial charge < -0.3 is 31.0 Å². The molecule has 0 aliphatic heterocycles. The quantitative estimate of drug-likeness (QED) is 0.444. The highest BCUT2D eigenvalue weighted by Gasteiger charge is 2.19. The summed E-state index contributed by atoms with van der Waals surface area (Å²) < 4.78 is 16.8. The van der Waals surface area contributed by atoms with Crippen molar-refractivity contribution < 1.29 is 19.0 Å². The average molecular weight is 499 g/mol. The molecule has 0 atom stereocenters. The maximum Gasteiger partial charge on any atom is 0.262 e. The molecule has 5 N–H and O–H groups in total. The highest BCUT2D eigenvalue weighted by molar-refractivity contribution is 9.10. The van der Waals surface area contributed by atoms with E-state index in [9.17, 15) is 10.1 Å². The molecule has 0 saturated heterocycles. The number of nitrogens with zero attached hydrogens (tertiary/aromatic N) is 3. The van der Waals surface area contributed by atoms with Crippen LogP contribution in [0.2, 0.25) is 0 Å². The number of nitrogens with two attached hydrogens (primary N) is 2. The van der Waals surface area contributed by atoms with Crippen LogP contribution >= 0.6 is 15.9 Å². The summed E-state index contributed by atoms with van der Waals surface area (Å²) in [6.07, 6.45) is 0. The molecule has 10 nitrogen and oxygen atoms in total. The van der Waals surface area contributed by atoms with Gasteiger partial charge in [0.25, 0.3) is 5.91 Å². The molecule has 0 unspecified atom stereocenters. The van der Waals surface area contributed by atoms with E-state index < -0.39 is 0 Å². The molecule has 1 heterocycles. The van der Waals surface area contributed by atoms with Gasteiger partial charge in [0, 0.05) is 10.0 Å². The van der Waals surface area contributed by atoms with E-state index in [0.29, 0.717) is 33.0 Å². The van der Waals surface area contributed by atoms with Crippen LogP contribution in [0.1, 0.15) is 5.56 Å². The van der Waals surface area contributed by atoms with Gasteiger partial charge in [0.15, 0.2) is 18.1 Å². The van der Waals surface area contributed by atoms with E-state index in [4.69, 9.17) is 25.7 Å². The van der Waals surface area contributed by atoms with Crippen molar-refractivity contribution in [2.75, 3.05) is 37.6 Å². The monoisotopic (exact) mass is 498 g/mol. The first-order chi connectivity index (χ1) is 15.4. The molecule has 0 bridgehead atoms. The van der Waals surface area contributed by atoms with E-state index >= 15 is 0 Å². The van der Waals surface area contributed by atoms with Crippen molar-refractivity contribution in [2.45, 2.75) is 0 Å². The highest BCUT2D eigenvalue weighted by atomic mass is 79.9. The van der Waals surface area contributed by atoms with Gasteiger partial charge in [-0.05, 0) is 40.2 Å². The van der Waals surface area contributed by atoms with Crippen molar-refractivity contribution in [1.82, 2.24) is 9.97 Å². The van der Waals surface area contributed by atoms with Crippen LogP contribution in [0, 0.1) is 11.3 Å². The van der Waals surface area contributed by atoms with E-state index in [1.54, 1.807) is 36.4 Å². The second kappa shape index (κ2) is 9.84. The normalized spacial score (nSPS) is 10.2. The molecule has 0 spiro atoms. The number of nitrogens with one attached hydrogen (secondary N) is 1. The fourth-order valence-corrected chi connectivity index (χ4v) is 3.38. The van der Waals surface area contributed by atoms with E-state index in [1.165, 1.54) is 14.2 Å². The van der Waals surface area contributed by atoms with Crippen LogP contribution in [0.3, 0.4) is 0 Å². The fraction of sp³-hybridized carbons (Fsp3) is 0.143. The smallest absolute Gasteiger partial charge is 0.262 e. The number of carbonyl (C=O) groups excluding carboxylic acids is 1. The third-order valence-electron chi connectivity index (χ3n) is 4.31. The average Bonchev–Trinajstić information content (AvgIpc) is 2.77. The maximum atomic E-state index is 12.4. The Morgan fingerprint density at radius 3 is 2.53 bits per heavy atom. The largest absolute Gasteiger partial charge is 0.495 e. The zero-order valence-corrected chi connectivity index (χ0v) is 18.8. The predicted molar refractivity (Wildman–Crippen MR) is 122 cm³/mol. The number of carbonyl (C=O) groups is 1. The summed E-state index contributed by atoms with van der Waals surface area (Å²) in [5.74, 6) is 0.645. The lowest BCUT2D eigenvalue weighted by molar-refractivity contribution is -0.118. The van der Waals surface area contributed by atoms with Crippen molar-refractivity contribution in [3.63, 3.8) is 0 Å². The number of halogens is 1. The number of anilines is 3. The molecule has 2 aromatic carbocycles. The summed E-state index contributed by atoms with van der Waals surface area (Å²) in [4.78, 5) is 20.3. The van der Waals surface area contributed by atoms with Crippen LogP contribution < -0.4 is 31.0 Å². The van der Waals surface area contributed by atoms with Crippen molar-refractivity contribution in [3.05, 3.63) is 46.4 Å². The van der Waals surface area contributed by atoms with Gasteiger partial charge in [0.05, 0.1) is 25.6 Å². The van der Waals surface area contributed by atoms with Crippen molar-refractivity contribution >= 4 is 39.3 Å². The molecule has 0 aliphatic carbocycles. The Hall–Kier alpha value is -4.04. The summed E-state index contributed by atoms with van der Waals surface area (Å²) in [5.41, 5.74) is 12.8. The van der Waals surface area contributed by atoms with Gasteiger partial charge in [-0.15, -0.1) is 0 Å². The summed E-state index contributed by atoms with van der Waals surface area (Å²) in [6, 6.07) is 12.2. The summed E-state index contributed by atoms with van der Waals surface area (Å²) in [5, 5.41) is 12.2. The van der Waals surface area contributed by atoms with Crippen LogP contribution in [0.25, 0.3) is 11.3 Å². The number of nitrogen functional groups attached to an aromatic ring is 2. The number of methoxy groups -OCH3 is 2. The standard InChI is InChI=1S/C21H19BrN6O4/c1-30-15-6-4-3-5-14(15)26-18(29)10-32-17-8-13(22)11(7-16(17)31-2)19-12(9-23)20(24)28-21(25)27-19/h3-8H,10H2,1-2H3,(H,26,29)(H4,24,25,27,28). The van der Waals surface area contributed by atoms with E-state index in [2.05, 4.69) is 31.2 Å². The summed E-state index contributed by atoms with van der Waals surface area (Å²) in [7, 11) is 2.96. The lowest BCUT2D eigenvalue weighted by atomic mass is 10.1. The number of amides is 1. The number of benzene rings is 2. The molecule has 1 amide bonds. The molecule has 32 heavy (non-hydrogen) atoms. The molecular weight excluding hydrogens is 480 g/mol. The maximum absolute atomic E-state index is 12.4. The van der Waals surface area contributed by atoms with Crippen LogP contribution in [0.4, 0.5) is 17.5 Å². The van der Waals surface area contributed by atoms with Crippen LogP contribution in [-0.2, 0) is 4.79 Å². The second-order valence-corrected chi connectivity index (χ2v) is 7.18. The van der Waals surface area contributed by atoms with Crippen LogP contribution in [0.5, 0.6) is 17.2 Å². The Balaban J connectivity index is 1.85. The first-order valence-corrected chi connectivity index (χ1v) is 9.93. The molecular formula is C21H19BrN6O4.